The van der Waals surface area contributed by atoms with Crippen LogP contribution in [0, 0.1) is 21.8 Å². The van der Waals surface area contributed by atoms with Crippen molar-refractivity contribution in [2.24, 2.45) is 5.92 Å². The molecule has 1 unspecified atom stereocenters. The topological polar surface area (TPSA) is 72.2 Å². The Hall–Kier alpha value is -1.69. The number of alkyl halides is 1. The molecule has 5 nitrogen and oxygen atoms in total. The number of halogens is 2. The highest BCUT2D eigenvalue weighted by Crippen LogP contribution is 2.17. The lowest BCUT2D eigenvalue weighted by Gasteiger charge is -2.19. The number of nitro groups is 1. The van der Waals surface area contributed by atoms with Crippen LogP contribution in [-0.4, -0.2) is 22.8 Å². The van der Waals surface area contributed by atoms with E-state index in [2.05, 4.69) is 5.32 Å². The number of carbonyl (C=O) groups is 1. The third kappa shape index (κ3) is 3.89. The Morgan fingerprint density at radius 1 is 1.53 bits per heavy atom. The number of carbonyl (C=O) groups excluding carboxylic acids is 1. The van der Waals surface area contributed by atoms with Gasteiger partial charge < -0.3 is 5.32 Å². The van der Waals surface area contributed by atoms with E-state index in [1.54, 1.807) is 0 Å². The standard InChI is InChI=1S/C12H14ClFN2O3/c1-7(2)11(6-13)15-12(17)9-4-3-8(16(18)19)5-10(9)14/h3-5,7,11H,6H2,1-2H3,(H,15,17). The SMILES string of the molecule is CC(C)C(CCl)NC(=O)c1ccc([N+](=O)[O-])cc1F. The van der Waals surface area contributed by atoms with Gasteiger partial charge in [-0.25, -0.2) is 4.39 Å². The Morgan fingerprint density at radius 3 is 2.58 bits per heavy atom. The fourth-order valence-corrected chi connectivity index (χ4v) is 1.86. The lowest BCUT2D eigenvalue weighted by atomic mass is 10.1. The van der Waals surface area contributed by atoms with Crippen molar-refractivity contribution in [1.82, 2.24) is 5.32 Å². The van der Waals surface area contributed by atoms with E-state index in [0.717, 1.165) is 18.2 Å². The number of amides is 1. The van der Waals surface area contributed by atoms with E-state index in [1.807, 2.05) is 13.8 Å². The highest BCUT2D eigenvalue weighted by atomic mass is 35.5. The predicted octanol–water partition coefficient (Wildman–Crippen LogP) is 2.73. The third-order valence-electron chi connectivity index (χ3n) is 2.70. The molecule has 0 aliphatic rings. The minimum atomic E-state index is -0.927. The number of rotatable bonds is 5. The zero-order valence-corrected chi connectivity index (χ0v) is 11.3. The molecule has 104 valence electrons. The van der Waals surface area contributed by atoms with E-state index in [4.69, 9.17) is 11.6 Å². The number of nitrogens with zero attached hydrogens (tertiary/aromatic N) is 1. The van der Waals surface area contributed by atoms with E-state index in [9.17, 15) is 19.3 Å². The number of nitrogens with one attached hydrogen (secondary N) is 1. The van der Waals surface area contributed by atoms with Gasteiger partial charge in [-0.15, -0.1) is 11.6 Å². The fraction of sp³-hybridized carbons (Fsp3) is 0.417. The van der Waals surface area contributed by atoms with E-state index in [1.165, 1.54) is 0 Å². The molecule has 0 radical (unpaired) electrons. The van der Waals surface area contributed by atoms with Crippen molar-refractivity contribution >= 4 is 23.2 Å². The van der Waals surface area contributed by atoms with E-state index in [-0.39, 0.29) is 23.4 Å². The van der Waals surface area contributed by atoms with Gasteiger partial charge in [0.15, 0.2) is 0 Å². The maximum absolute atomic E-state index is 13.6. The zero-order chi connectivity index (χ0) is 14.6. The van der Waals surface area contributed by atoms with Gasteiger partial charge >= 0.3 is 0 Å². The normalized spacial score (nSPS) is 12.3. The van der Waals surface area contributed by atoms with Crippen molar-refractivity contribution < 1.29 is 14.1 Å². The summed E-state index contributed by atoms with van der Waals surface area (Å²) in [6, 6.07) is 2.61. The van der Waals surface area contributed by atoms with Crippen LogP contribution in [0.3, 0.4) is 0 Å². The Kier molecular flexibility index (Phi) is 5.23. The van der Waals surface area contributed by atoms with Gasteiger partial charge in [0.25, 0.3) is 11.6 Å². The van der Waals surface area contributed by atoms with Crippen molar-refractivity contribution in [2.45, 2.75) is 19.9 Å². The predicted molar refractivity (Wildman–Crippen MR) is 69.9 cm³/mol. The second-order valence-corrected chi connectivity index (χ2v) is 4.71. The molecule has 19 heavy (non-hydrogen) atoms. The summed E-state index contributed by atoms with van der Waals surface area (Å²) in [5, 5.41) is 13.1. The lowest BCUT2D eigenvalue weighted by Crippen LogP contribution is -2.40. The summed E-state index contributed by atoms with van der Waals surface area (Å²) in [5.74, 6) is -1.25. The molecule has 0 saturated heterocycles. The van der Waals surface area contributed by atoms with Crippen LogP contribution in [0.1, 0.15) is 24.2 Å². The Labute approximate surface area is 114 Å². The Morgan fingerprint density at radius 2 is 2.16 bits per heavy atom. The highest BCUT2D eigenvalue weighted by molar-refractivity contribution is 6.18. The average Bonchev–Trinajstić information content (AvgIpc) is 2.34. The van der Waals surface area contributed by atoms with Gasteiger partial charge in [-0.05, 0) is 12.0 Å². The molecule has 0 saturated carbocycles. The molecule has 0 bridgehead atoms. The quantitative estimate of drug-likeness (QED) is 0.514. The highest BCUT2D eigenvalue weighted by Gasteiger charge is 2.20. The van der Waals surface area contributed by atoms with E-state index in [0.29, 0.717) is 0 Å². The molecule has 0 aliphatic carbocycles. The summed E-state index contributed by atoms with van der Waals surface area (Å²) in [4.78, 5) is 21.6. The summed E-state index contributed by atoms with van der Waals surface area (Å²) < 4.78 is 13.6. The smallest absolute Gasteiger partial charge is 0.272 e. The van der Waals surface area contributed by atoms with Gasteiger partial charge in [-0.1, -0.05) is 13.8 Å². The maximum atomic E-state index is 13.6. The van der Waals surface area contributed by atoms with Crippen molar-refractivity contribution in [3.05, 3.63) is 39.7 Å². The summed E-state index contributed by atoms with van der Waals surface area (Å²) in [6.45, 7) is 3.75. The second-order valence-electron chi connectivity index (χ2n) is 4.40. The Bertz CT molecular complexity index is 494. The van der Waals surface area contributed by atoms with Crippen LogP contribution in [0.15, 0.2) is 18.2 Å². The molecule has 1 rings (SSSR count). The molecule has 0 aliphatic heterocycles. The van der Waals surface area contributed by atoms with Crippen LogP contribution in [0.5, 0.6) is 0 Å². The number of hydrogen-bond donors (Lipinski definition) is 1. The first-order chi connectivity index (χ1) is 8.86. The van der Waals surface area contributed by atoms with Crippen LogP contribution in [0.2, 0.25) is 0 Å². The van der Waals surface area contributed by atoms with Crippen LogP contribution in [0.4, 0.5) is 10.1 Å². The number of benzene rings is 1. The van der Waals surface area contributed by atoms with Crippen LogP contribution < -0.4 is 5.32 Å². The first-order valence-electron chi connectivity index (χ1n) is 5.67. The molecule has 0 spiro atoms. The fourth-order valence-electron chi connectivity index (χ4n) is 1.43. The molecule has 1 amide bonds. The maximum Gasteiger partial charge on any atom is 0.272 e. The van der Waals surface area contributed by atoms with Gasteiger partial charge in [-0.3, -0.25) is 14.9 Å². The molecule has 7 heteroatoms. The zero-order valence-electron chi connectivity index (χ0n) is 10.5. The first kappa shape index (κ1) is 15.4. The monoisotopic (exact) mass is 288 g/mol. The van der Waals surface area contributed by atoms with Crippen molar-refractivity contribution in [3.8, 4) is 0 Å². The molecular weight excluding hydrogens is 275 g/mol. The number of non-ortho nitro benzene ring substituents is 1. The summed E-state index contributed by atoms with van der Waals surface area (Å²) in [5.41, 5.74) is -0.631. The van der Waals surface area contributed by atoms with Gasteiger partial charge in [0, 0.05) is 18.0 Å². The van der Waals surface area contributed by atoms with Crippen LogP contribution >= 0.6 is 11.6 Å². The van der Waals surface area contributed by atoms with Gasteiger partial charge in [-0.2, -0.15) is 0 Å². The third-order valence-corrected chi connectivity index (χ3v) is 3.03. The molecule has 1 aromatic carbocycles. The molecule has 1 aromatic rings. The minimum Gasteiger partial charge on any atom is -0.348 e. The molecule has 1 atom stereocenters. The summed E-state index contributed by atoms with van der Waals surface area (Å²) in [6.07, 6.45) is 0. The largest absolute Gasteiger partial charge is 0.348 e. The van der Waals surface area contributed by atoms with Gasteiger partial charge in [0.05, 0.1) is 16.6 Å². The van der Waals surface area contributed by atoms with Crippen molar-refractivity contribution in [3.63, 3.8) is 0 Å². The lowest BCUT2D eigenvalue weighted by molar-refractivity contribution is -0.385. The second kappa shape index (κ2) is 6.47. The summed E-state index contributed by atoms with van der Waals surface area (Å²) >= 11 is 5.70. The number of nitro benzene ring substituents is 1. The van der Waals surface area contributed by atoms with Gasteiger partial charge in [0.2, 0.25) is 0 Å². The molecule has 0 aromatic heterocycles. The number of hydrogen-bond acceptors (Lipinski definition) is 3. The van der Waals surface area contributed by atoms with E-state index < -0.39 is 22.3 Å². The molecule has 0 fully saturated rings. The van der Waals surface area contributed by atoms with Crippen LogP contribution in [-0.2, 0) is 0 Å². The van der Waals surface area contributed by atoms with Crippen LogP contribution in [0.25, 0.3) is 0 Å². The summed E-state index contributed by atoms with van der Waals surface area (Å²) in [7, 11) is 0. The molecule has 1 N–H and O–H groups in total. The Balaban J connectivity index is 2.91. The van der Waals surface area contributed by atoms with Gasteiger partial charge in [0.1, 0.15) is 5.82 Å². The average molecular weight is 289 g/mol. The van der Waals surface area contributed by atoms with Crippen molar-refractivity contribution in [2.75, 3.05) is 5.88 Å². The van der Waals surface area contributed by atoms with E-state index >= 15 is 0 Å². The molecular formula is C12H14ClFN2O3. The van der Waals surface area contributed by atoms with Crippen molar-refractivity contribution in [1.29, 1.82) is 0 Å². The minimum absolute atomic E-state index is 0.0996. The molecule has 0 heterocycles. The first-order valence-corrected chi connectivity index (χ1v) is 6.21.